The summed E-state index contributed by atoms with van der Waals surface area (Å²) in [6.07, 6.45) is 1.47. The third kappa shape index (κ3) is 1.65. The van der Waals surface area contributed by atoms with Crippen LogP contribution in [-0.4, -0.2) is 13.2 Å². The molecular weight excluding hydrogens is 252 g/mol. The molecule has 4 nitrogen and oxygen atoms in total. The van der Waals surface area contributed by atoms with E-state index in [1.54, 1.807) is 0 Å². The summed E-state index contributed by atoms with van der Waals surface area (Å²) in [7, 11) is 0. The lowest BCUT2D eigenvalue weighted by atomic mass is 9.82. The molecule has 3 rings (SSSR count). The van der Waals surface area contributed by atoms with Crippen molar-refractivity contribution in [2.24, 2.45) is 5.92 Å². The molecule has 4 heteroatoms. The highest BCUT2D eigenvalue weighted by Gasteiger charge is 2.35. The third-order valence-electron chi connectivity index (χ3n) is 4.07. The zero-order valence-corrected chi connectivity index (χ0v) is 11.7. The van der Waals surface area contributed by atoms with E-state index in [1.807, 2.05) is 13.8 Å². The number of nitrogens with zero attached hydrogens (tertiary/aromatic N) is 2. The Kier molecular flexibility index (Phi) is 3.03. The minimum Gasteiger partial charge on any atom is -0.493 e. The first-order chi connectivity index (χ1) is 9.69. The van der Waals surface area contributed by atoms with Crippen molar-refractivity contribution in [1.82, 2.24) is 0 Å². The molecule has 0 aromatic heterocycles. The molecule has 0 aliphatic carbocycles. The predicted octanol–water partition coefficient (Wildman–Crippen LogP) is 2.69. The van der Waals surface area contributed by atoms with Crippen molar-refractivity contribution < 1.29 is 9.47 Å². The van der Waals surface area contributed by atoms with Crippen LogP contribution in [0.25, 0.3) is 0 Å². The number of benzene rings is 1. The fourth-order valence-electron chi connectivity index (χ4n) is 3.14. The first-order valence-corrected chi connectivity index (χ1v) is 6.96. The van der Waals surface area contributed by atoms with E-state index in [4.69, 9.17) is 9.47 Å². The van der Waals surface area contributed by atoms with E-state index in [2.05, 4.69) is 12.1 Å². The molecule has 1 aromatic rings. The molecule has 2 aliphatic heterocycles. The number of ether oxygens (including phenoxy) is 2. The Morgan fingerprint density at radius 1 is 1.00 bits per heavy atom. The highest BCUT2D eigenvalue weighted by Crippen LogP contribution is 2.48. The van der Waals surface area contributed by atoms with Crippen LogP contribution in [0.15, 0.2) is 0 Å². The van der Waals surface area contributed by atoms with E-state index >= 15 is 0 Å². The van der Waals surface area contributed by atoms with Crippen LogP contribution in [0.1, 0.15) is 42.0 Å². The van der Waals surface area contributed by atoms with E-state index in [0.29, 0.717) is 24.5 Å². The maximum atomic E-state index is 9.53. The molecule has 0 radical (unpaired) electrons. The molecule has 20 heavy (non-hydrogen) atoms. The number of rotatable bonds is 2. The minimum absolute atomic E-state index is 0.200. The van der Waals surface area contributed by atoms with Gasteiger partial charge in [-0.05, 0) is 5.92 Å². The lowest BCUT2D eigenvalue weighted by molar-refractivity contribution is 0.349. The molecule has 1 aromatic carbocycles. The molecule has 0 saturated heterocycles. The summed E-state index contributed by atoms with van der Waals surface area (Å²) in [5.41, 5.74) is 3.49. The maximum absolute atomic E-state index is 9.53. The second kappa shape index (κ2) is 4.72. The first-order valence-electron chi connectivity index (χ1n) is 6.96. The number of fused-ring (bicyclic) bond motifs is 2. The summed E-state index contributed by atoms with van der Waals surface area (Å²) in [6, 6.07) is 4.65. The smallest absolute Gasteiger partial charge is 0.141 e. The molecule has 0 fully saturated rings. The molecule has 1 unspecified atom stereocenters. The number of hydrogen-bond acceptors (Lipinski definition) is 4. The third-order valence-corrected chi connectivity index (χ3v) is 4.07. The summed E-state index contributed by atoms with van der Waals surface area (Å²) in [6.45, 7) is 5.23. The molecule has 0 saturated carbocycles. The second-order valence-corrected chi connectivity index (χ2v) is 5.56. The van der Waals surface area contributed by atoms with Gasteiger partial charge in [-0.25, -0.2) is 0 Å². The standard InChI is InChI=1S/C16H16N2O2/c1-9(2)12(7-17)14-11-4-6-19-15(11)13(8-18)10-3-5-20-16(10)14/h9,12H,3-6H2,1-2H3. The summed E-state index contributed by atoms with van der Waals surface area (Å²) in [4.78, 5) is 0. The Morgan fingerprint density at radius 3 is 2.25 bits per heavy atom. The Bertz CT molecular complexity index is 615. The van der Waals surface area contributed by atoms with Crippen molar-refractivity contribution >= 4 is 0 Å². The topological polar surface area (TPSA) is 66.0 Å². The Morgan fingerprint density at radius 2 is 1.65 bits per heavy atom. The van der Waals surface area contributed by atoms with Crippen LogP contribution >= 0.6 is 0 Å². The van der Waals surface area contributed by atoms with Crippen molar-refractivity contribution in [2.75, 3.05) is 13.2 Å². The van der Waals surface area contributed by atoms with Crippen LogP contribution in [0.3, 0.4) is 0 Å². The molecule has 0 spiro atoms. The highest BCUT2D eigenvalue weighted by molar-refractivity contribution is 5.67. The van der Waals surface area contributed by atoms with Gasteiger partial charge in [0.05, 0.1) is 25.2 Å². The largest absolute Gasteiger partial charge is 0.493 e. The fraction of sp³-hybridized carbons (Fsp3) is 0.500. The second-order valence-electron chi connectivity index (χ2n) is 5.56. The van der Waals surface area contributed by atoms with Crippen molar-refractivity contribution in [1.29, 1.82) is 10.5 Å². The molecule has 102 valence electrons. The van der Waals surface area contributed by atoms with Crippen LogP contribution in [0.2, 0.25) is 0 Å². The Hall–Kier alpha value is -2.20. The van der Waals surface area contributed by atoms with E-state index < -0.39 is 0 Å². The van der Waals surface area contributed by atoms with Crippen molar-refractivity contribution in [3.05, 3.63) is 22.3 Å². The van der Waals surface area contributed by atoms with E-state index in [-0.39, 0.29) is 11.8 Å². The van der Waals surface area contributed by atoms with E-state index in [9.17, 15) is 10.5 Å². The minimum atomic E-state index is -0.218. The van der Waals surface area contributed by atoms with E-state index in [0.717, 1.165) is 35.3 Å². The quantitative estimate of drug-likeness (QED) is 0.827. The van der Waals surface area contributed by atoms with Gasteiger partial charge in [-0.1, -0.05) is 13.8 Å². The summed E-state index contributed by atoms with van der Waals surface area (Å²) in [5, 5.41) is 18.9. The molecule has 0 bridgehead atoms. The van der Waals surface area contributed by atoms with E-state index in [1.165, 1.54) is 0 Å². The monoisotopic (exact) mass is 268 g/mol. The fourth-order valence-corrected chi connectivity index (χ4v) is 3.14. The lowest BCUT2D eigenvalue weighted by Crippen LogP contribution is -2.09. The summed E-state index contributed by atoms with van der Waals surface area (Å²) >= 11 is 0. The van der Waals surface area contributed by atoms with Gasteiger partial charge in [-0.2, -0.15) is 10.5 Å². The van der Waals surface area contributed by atoms with Gasteiger partial charge in [-0.3, -0.25) is 0 Å². The van der Waals surface area contributed by atoms with Gasteiger partial charge in [0.2, 0.25) is 0 Å². The lowest BCUT2D eigenvalue weighted by Gasteiger charge is -2.20. The molecular formula is C16H16N2O2. The molecule has 2 aliphatic rings. The van der Waals surface area contributed by atoms with Crippen LogP contribution < -0.4 is 9.47 Å². The summed E-state index contributed by atoms with van der Waals surface area (Å²) in [5.74, 6) is 1.44. The predicted molar refractivity (Wildman–Crippen MR) is 72.7 cm³/mol. The van der Waals surface area contributed by atoms with Crippen LogP contribution in [0.4, 0.5) is 0 Å². The van der Waals surface area contributed by atoms with Gasteiger partial charge in [-0.15, -0.1) is 0 Å². The van der Waals surface area contributed by atoms with Gasteiger partial charge in [0.25, 0.3) is 0 Å². The first kappa shape index (κ1) is 12.8. The Labute approximate surface area is 118 Å². The maximum Gasteiger partial charge on any atom is 0.141 e. The normalized spacial score (nSPS) is 16.6. The molecule has 2 heterocycles. The van der Waals surface area contributed by atoms with Crippen molar-refractivity contribution in [2.45, 2.75) is 32.6 Å². The van der Waals surface area contributed by atoms with Crippen molar-refractivity contribution in [3.63, 3.8) is 0 Å². The van der Waals surface area contributed by atoms with Gasteiger partial charge in [0, 0.05) is 29.5 Å². The molecule has 0 amide bonds. The van der Waals surface area contributed by atoms with Gasteiger partial charge in [0.15, 0.2) is 0 Å². The molecule has 0 N–H and O–H groups in total. The zero-order chi connectivity index (χ0) is 14.3. The van der Waals surface area contributed by atoms with Crippen LogP contribution in [0, 0.1) is 28.6 Å². The van der Waals surface area contributed by atoms with Gasteiger partial charge in [0.1, 0.15) is 23.1 Å². The highest BCUT2D eigenvalue weighted by atomic mass is 16.5. The van der Waals surface area contributed by atoms with Gasteiger partial charge >= 0.3 is 0 Å². The van der Waals surface area contributed by atoms with Crippen LogP contribution in [-0.2, 0) is 12.8 Å². The summed E-state index contributed by atoms with van der Waals surface area (Å²) < 4.78 is 11.4. The van der Waals surface area contributed by atoms with Gasteiger partial charge < -0.3 is 9.47 Å². The molecule has 1 atom stereocenters. The average Bonchev–Trinajstić information content (AvgIpc) is 3.06. The number of hydrogen-bond donors (Lipinski definition) is 0. The SMILES string of the molecule is CC(C)C(C#N)c1c2c(c(C#N)c3c1OCC3)OCC2. The average molecular weight is 268 g/mol. The van der Waals surface area contributed by atoms with Crippen molar-refractivity contribution in [3.8, 4) is 23.6 Å². The van der Waals surface area contributed by atoms with Crippen LogP contribution in [0.5, 0.6) is 11.5 Å². The zero-order valence-electron chi connectivity index (χ0n) is 11.7. The number of nitriles is 2. The Balaban J connectivity index is 2.31.